The highest BCUT2D eigenvalue weighted by molar-refractivity contribution is 7.26. The van der Waals surface area contributed by atoms with Gasteiger partial charge in [-0.15, -0.1) is 22.7 Å². The Morgan fingerprint density at radius 1 is 0.458 bits per heavy atom. The van der Waals surface area contributed by atoms with E-state index in [1.165, 1.54) is 51.5 Å². The molecule has 0 saturated heterocycles. The van der Waals surface area contributed by atoms with E-state index in [4.69, 9.17) is 9.40 Å². The number of fused-ring (bicyclic) bond motifs is 7. The topological polar surface area (TPSA) is 29.3 Å². The number of rotatable bonds is 5. The molecular formula is C43H26N2OS2. The Labute approximate surface area is 284 Å². The van der Waals surface area contributed by atoms with Crippen molar-refractivity contribution in [3.8, 4) is 22.6 Å². The van der Waals surface area contributed by atoms with Crippen LogP contribution in [0.3, 0.4) is 0 Å². The summed E-state index contributed by atoms with van der Waals surface area (Å²) in [6.45, 7) is 0. The Morgan fingerprint density at radius 2 is 1.12 bits per heavy atom. The molecule has 0 spiro atoms. The monoisotopic (exact) mass is 650 g/mol. The molecule has 0 radical (unpaired) electrons. The van der Waals surface area contributed by atoms with Crippen molar-refractivity contribution in [1.29, 1.82) is 0 Å². The number of oxazole rings is 1. The third-order valence-corrected chi connectivity index (χ3v) is 11.3. The normalized spacial score (nSPS) is 11.8. The fourth-order valence-electron chi connectivity index (χ4n) is 6.86. The summed E-state index contributed by atoms with van der Waals surface area (Å²) in [4.78, 5) is 7.17. The molecule has 3 aromatic heterocycles. The molecule has 0 aliphatic heterocycles. The molecule has 0 fully saturated rings. The summed E-state index contributed by atoms with van der Waals surface area (Å²) in [6, 6.07) is 56.2. The van der Waals surface area contributed by atoms with Crippen molar-refractivity contribution in [2.75, 3.05) is 4.90 Å². The molecule has 10 rings (SSSR count). The second kappa shape index (κ2) is 10.9. The highest BCUT2D eigenvalue weighted by Crippen LogP contribution is 2.44. The molecular weight excluding hydrogens is 625 g/mol. The van der Waals surface area contributed by atoms with Crippen LogP contribution in [-0.4, -0.2) is 4.98 Å². The third kappa shape index (κ3) is 4.43. The van der Waals surface area contributed by atoms with Gasteiger partial charge in [0.1, 0.15) is 5.52 Å². The number of benzene rings is 7. The SMILES string of the molecule is c1ccc(-c2nc3cc4sc5cccc(-c6ccc(N(c7ccccc7)c7ccc8c(c7)sc7ccccc78)cc6)c5c4cc3o2)cc1. The Balaban J connectivity index is 1.08. The standard InChI is InChI=1S/C43H26N2OS2/c1-3-10-28(11-4-1)43-44-36-26-41-35(25-37(36)46-43)42-32(15-9-17-39(42)48-41)27-18-20-30(21-19-27)45(29-12-5-2-6-13-29)31-22-23-34-33-14-7-8-16-38(33)47-40(34)24-31/h1-26H. The molecule has 0 bridgehead atoms. The predicted molar refractivity (Wildman–Crippen MR) is 205 cm³/mol. The van der Waals surface area contributed by atoms with Gasteiger partial charge in [-0.25, -0.2) is 4.98 Å². The first-order valence-corrected chi connectivity index (χ1v) is 17.6. The molecule has 0 aliphatic carbocycles. The second-order valence-electron chi connectivity index (χ2n) is 12.0. The maximum absolute atomic E-state index is 6.28. The quantitative estimate of drug-likeness (QED) is 0.186. The van der Waals surface area contributed by atoms with E-state index in [1.54, 1.807) is 11.3 Å². The van der Waals surface area contributed by atoms with Crippen LogP contribution in [-0.2, 0) is 0 Å². The molecule has 0 unspecified atom stereocenters. The molecule has 0 aliphatic rings. The number of para-hydroxylation sites is 1. The van der Waals surface area contributed by atoms with Crippen molar-refractivity contribution < 1.29 is 4.42 Å². The lowest BCUT2D eigenvalue weighted by Gasteiger charge is -2.25. The van der Waals surface area contributed by atoms with Crippen LogP contribution in [0.4, 0.5) is 17.1 Å². The zero-order valence-corrected chi connectivity index (χ0v) is 27.3. The Bertz CT molecular complexity index is 2780. The molecule has 3 heterocycles. The maximum atomic E-state index is 6.28. The van der Waals surface area contributed by atoms with Crippen LogP contribution in [0.1, 0.15) is 0 Å². The van der Waals surface area contributed by atoms with Gasteiger partial charge in [-0.05, 0) is 83.9 Å². The summed E-state index contributed by atoms with van der Waals surface area (Å²) in [5, 5.41) is 5.06. The van der Waals surface area contributed by atoms with Crippen molar-refractivity contribution in [1.82, 2.24) is 4.98 Å². The van der Waals surface area contributed by atoms with Crippen LogP contribution in [0.2, 0.25) is 0 Å². The smallest absolute Gasteiger partial charge is 0.227 e. The molecule has 10 aromatic rings. The maximum Gasteiger partial charge on any atom is 0.227 e. The van der Waals surface area contributed by atoms with E-state index in [1.807, 2.05) is 41.7 Å². The number of aromatic nitrogens is 1. The highest BCUT2D eigenvalue weighted by atomic mass is 32.1. The Hall–Kier alpha value is -5.75. The van der Waals surface area contributed by atoms with Crippen LogP contribution in [0.15, 0.2) is 162 Å². The summed E-state index contributed by atoms with van der Waals surface area (Å²) in [7, 11) is 0. The molecule has 7 aromatic carbocycles. The van der Waals surface area contributed by atoms with Crippen molar-refractivity contribution in [3.63, 3.8) is 0 Å². The van der Waals surface area contributed by atoms with Gasteiger partial charge in [0, 0.05) is 63.0 Å². The molecule has 0 N–H and O–H groups in total. The molecule has 48 heavy (non-hydrogen) atoms. The van der Waals surface area contributed by atoms with Gasteiger partial charge in [-0.1, -0.05) is 84.9 Å². The fourth-order valence-corrected chi connectivity index (χ4v) is 9.15. The van der Waals surface area contributed by atoms with Crippen LogP contribution in [0, 0.1) is 0 Å². The van der Waals surface area contributed by atoms with Crippen molar-refractivity contribution in [3.05, 3.63) is 158 Å². The molecule has 5 heteroatoms. The van der Waals surface area contributed by atoms with Gasteiger partial charge in [-0.3, -0.25) is 0 Å². The zero-order chi connectivity index (χ0) is 31.6. The van der Waals surface area contributed by atoms with Gasteiger partial charge >= 0.3 is 0 Å². The number of hydrogen-bond donors (Lipinski definition) is 0. The summed E-state index contributed by atoms with van der Waals surface area (Å²) in [5.41, 5.74) is 8.45. The number of anilines is 3. The predicted octanol–water partition coefficient (Wildman–Crippen LogP) is 13.4. The third-order valence-electron chi connectivity index (χ3n) is 9.10. The number of hydrogen-bond acceptors (Lipinski definition) is 5. The largest absolute Gasteiger partial charge is 0.436 e. The first-order chi connectivity index (χ1) is 23.8. The van der Waals surface area contributed by atoms with Crippen LogP contribution >= 0.6 is 22.7 Å². The van der Waals surface area contributed by atoms with E-state index >= 15 is 0 Å². The van der Waals surface area contributed by atoms with Gasteiger partial charge in [-0.2, -0.15) is 0 Å². The minimum Gasteiger partial charge on any atom is -0.436 e. The minimum atomic E-state index is 0.651. The zero-order valence-electron chi connectivity index (χ0n) is 25.6. The lowest BCUT2D eigenvalue weighted by molar-refractivity contribution is 0.620. The average Bonchev–Trinajstić information content (AvgIpc) is 3.84. The van der Waals surface area contributed by atoms with E-state index in [2.05, 4.69) is 132 Å². The molecule has 0 saturated carbocycles. The molecule has 3 nitrogen and oxygen atoms in total. The lowest BCUT2D eigenvalue weighted by Crippen LogP contribution is -2.09. The summed E-state index contributed by atoms with van der Waals surface area (Å²) < 4.78 is 11.4. The first-order valence-electron chi connectivity index (χ1n) is 15.9. The van der Waals surface area contributed by atoms with Gasteiger partial charge in [0.2, 0.25) is 5.89 Å². The van der Waals surface area contributed by atoms with Gasteiger partial charge in [0.15, 0.2) is 5.58 Å². The minimum absolute atomic E-state index is 0.651. The lowest BCUT2D eigenvalue weighted by atomic mass is 9.99. The van der Waals surface area contributed by atoms with Crippen molar-refractivity contribution >= 4 is 91.2 Å². The molecule has 226 valence electrons. The van der Waals surface area contributed by atoms with Gasteiger partial charge in [0.25, 0.3) is 0 Å². The van der Waals surface area contributed by atoms with Crippen LogP contribution < -0.4 is 4.90 Å². The fraction of sp³-hybridized carbons (Fsp3) is 0. The van der Waals surface area contributed by atoms with E-state index < -0.39 is 0 Å². The van der Waals surface area contributed by atoms with E-state index in [-0.39, 0.29) is 0 Å². The molecule has 0 amide bonds. The Kier molecular flexibility index (Phi) is 6.22. The average molecular weight is 651 g/mol. The van der Waals surface area contributed by atoms with Crippen LogP contribution in [0.5, 0.6) is 0 Å². The van der Waals surface area contributed by atoms with Gasteiger partial charge < -0.3 is 9.32 Å². The second-order valence-corrected chi connectivity index (χ2v) is 14.1. The van der Waals surface area contributed by atoms with Gasteiger partial charge in [0.05, 0.1) is 0 Å². The summed E-state index contributed by atoms with van der Waals surface area (Å²) in [5.74, 6) is 0.651. The van der Waals surface area contributed by atoms with E-state index in [0.717, 1.165) is 33.7 Å². The number of thiophene rings is 2. The van der Waals surface area contributed by atoms with Crippen molar-refractivity contribution in [2.45, 2.75) is 0 Å². The Morgan fingerprint density at radius 3 is 1.98 bits per heavy atom. The van der Waals surface area contributed by atoms with Crippen LogP contribution in [0.25, 0.3) is 74.0 Å². The van der Waals surface area contributed by atoms with E-state index in [9.17, 15) is 0 Å². The van der Waals surface area contributed by atoms with Crippen molar-refractivity contribution in [2.24, 2.45) is 0 Å². The number of nitrogens with zero attached hydrogens (tertiary/aromatic N) is 2. The first kappa shape index (κ1) is 27.4. The van der Waals surface area contributed by atoms with E-state index in [0.29, 0.717) is 5.89 Å². The highest BCUT2D eigenvalue weighted by Gasteiger charge is 2.18. The molecule has 0 atom stereocenters. The summed E-state index contributed by atoms with van der Waals surface area (Å²) in [6.07, 6.45) is 0. The summed E-state index contributed by atoms with van der Waals surface area (Å²) >= 11 is 3.66.